The van der Waals surface area contributed by atoms with Crippen molar-refractivity contribution in [3.8, 4) is 0 Å². The van der Waals surface area contributed by atoms with Crippen LogP contribution in [-0.2, 0) is 0 Å². The molecule has 1 aromatic carbocycles. The lowest BCUT2D eigenvalue weighted by Crippen LogP contribution is -2.27. The van der Waals surface area contributed by atoms with Crippen molar-refractivity contribution >= 4 is 11.6 Å². The first-order valence-corrected chi connectivity index (χ1v) is 6.31. The number of nitrogens with two attached hydrogens (primary N) is 1. The van der Waals surface area contributed by atoms with E-state index in [1.165, 1.54) is 12.1 Å². The van der Waals surface area contributed by atoms with E-state index in [1.807, 2.05) is 26.8 Å². The summed E-state index contributed by atoms with van der Waals surface area (Å²) in [4.78, 5) is 12.1. The lowest BCUT2D eigenvalue weighted by atomic mass is 10.1. The third-order valence-corrected chi connectivity index (χ3v) is 3.13. The summed E-state index contributed by atoms with van der Waals surface area (Å²) >= 11 is 0. The highest BCUT2D eigenvalue weighted by molar-refractivity contribution is 5.95. The number of hydrogen-bond donors (Lipinski definition) is 2. The lowest BCUT2D eigenvalue weighted by molar-refractivity contribution is 0.0935. The molecule has 5 heteroatoms. The van der Waals surface area contributed by atoms with Gasteiger partial charge in [0.15, 0.2) is 0 Å². The summed E-state index contributed by atoms with van der Waals surface area (Å²) in [5.41, 5.74) is 6.60. The highest BCUT2D eigenvalue weighted by Crippen LogP contribution is 2.22. The van der Waals surface area contributed by atoms with Gasteiger partial charge >= 0.3 is 0 Å². The maximum atomic E-state index is 13.7. The summed E-state index contributed by atoms with van der Waals surface area (Å²) in [6.07, 6.45) is 0. The van der Waals surface area contributed by atoms with Crippen LogP contribution in [0.1, 0.15) is 40.4 Å². The molecule has 0 saturated carbocycles. The Bertz CT molecular complexity index is 649. The van der Waals surface area contributed by atoms with Crippen LogP contribution >= 0.6 is 0 Å². The summed E-state index contributed by atoms with van der Waals surface area (Å²) in [6, 6.07) is 5.60. The molecule has 1 atom stereocenters. The van der Waals surface area contributed by atoms with Gasteiger partial charge in [0.2, 0.25) is 0 Å². The van der Waals surface area contributed by atoms with Crippen molar-refractivity contribution in [2.24, 2.45) is 0 Å². The average molecular weight is 276 g/mol. The van der Waals surface area contributed by atoms with Gasteiger partial charge in [-0.2, -0.15) is 0 Å². The summed E-state index contributed by atoms with van der Waals surface area (Å²) < 4.78 is 19.1. The van der Waals surface area contributed by atoms with Crippen LogP contribution in [0.3, 0.4) is 0 Å². The summed E-state index contributed by atoms with van der Waals surface area (Å²) in [5.74, 6) is 0.411. The molecule has 0 bridgehead atoms. The van der Waals surface area contributed by atoms with Gasteiger partial charge in [-0.05, 0) is 45.0 Å². The van der Waals surface area contributed by atoms with Gasteiger partial charge in [0, 0.05) is 11.3 Å². The molecular formula is C15H17FN2O2. The average Bonchev–Trinajstić information content (AvgIpc) is 2.68. The zero-order valence-corrected chi connectivity index (χ0v) is 11.7. The number of nitrogen functional groups attached to an aromatic ring is 1. The molecule has 2 aromatic rings. The van der Waals surface area contributed by atoms with Crippen LogP contribution in [0.2, 0.25) is 0 Å². The van der Waals surface area contributed by atoms with Crippen LogP contribution in [0, 0.1) is 19.7 Å². The van der Waals surface area contributed by atoms with Gasteiger partial charge < -0.3 is 15.5 Å². The molecule has 0 spiro atoms. The predicted octanol–water partition coefficient (Wildman–Crippen LogP) is 3.11. The maximum Gasteiger partial charge on any atom is 0.254 e. The monoisotopic (exact) mass is 276 g/mol. The number of benzene rings is 1. The number of furan rings is 1. The van der Waals surface area contributed by atoms with E-state index in [4.69, 9.17) is 10.2 Å². The fourth-order valence-corrected chi connectivity index (χ4v) is 2.15. The second-order valence-electron chi connectivity index (χ2n) is 4.80. The first-order chi connectivity index (χ1) is 9.38. The van der Waals surface area contributed by atoms with Crippen LogP contribution in [0.15, 0.2) is 28.7 Å². The fourth-order valence-electron chi connectivity index (χ4n) is 2.15. The number of anilines is 1. The molecule has 0 saturated heterocycles. The van der Waals surface area contributed by atoms with Crippen molar-refractivity contribution in [3.05, 3.63) is 52.7 Å². The minimum Gasteiger partial charge on any atom is -0.466 e. The lowest BCUT2D eigenvalue weighted by Gasteiger charge is -2.13. The smallest absolute Gasteiger partial charge is 0.254 e. The Morgan fingerprint density at radius 1 is 1.35 bits per heavy atom. The standard InChI is InChI=1S/C15H17FN2O2/c1-8-6-13(10(3)20-8)9(2)18-15(19)12-5-4-11(17)7-14(12)16/h4-7,9H,17H2,1-3H3,(H,18,19). The zero-order valence-electron chi connectivity index (χ0n) is 11.7. The third kappa shape index (κ3) is 2.82. The molecule has 0 fully saturated rings. The van der Waals surface area contributed by atoms with Crippen molar-refractivity contribution < 1.29 is 13.6 Å². The molecule has 3 N–H and O–H groups in total. The third-order valence-electron chi connectivity index (χ3n) is 3.13. The number of hydrogen-bond acceptors (Lipinski definition) is 3. The van der Waals surface area contributed by atoms with E-state index < -0.39 is 11.7 Å². The number of nitrogens with one attached hydrogen (secondary N) is 1. The number of rotatable bonds is 3. The molecule has 2 rings (SSSR count). The molecule has 106 valence electrons. The van der Waals surface area contributed by atoms with Gasteiger partial charge in [-0.1, -0.05) is 0 Å². The Kier molecular flexibility index (Phi) is 3.79. The quantitative estimate of drug-likeness (QED) is 0.846. The summed E-state index contributed by atoms with van der Waals surface area (Å²) in [7, 11) is 0. The van der Waals surface area contributed by atoms with E-state index in [2.05, 4.69) is 5.32 Å². The summed E-state index contributed by atoms with van der Waals surface area (Å²) in [5, 5.41) is 2.75. The van der Waals surface area contributed by atoms with Gasteiger partial charge in [0.05, 0.1) is 11.6 Å². The van der Waals surface area contributed by atoms with E-state index in [9.17, 15) is 9.18 Å². The Hall–Kier alpha value is -2.30. The van der Waals surface area contributed by atoms with Crippen molar-refractivity contribution in [1.82, 2.24) is 5.32 Å². The van der Waals surface area contributed by atoms with E-state index in [0.717, 1.165) is 23.2 Å². The minimum atomic E-state index is -0.630. The predicted molar refractivity (Wildman–Crippen MR) is 74.9 cm³/mol. The van der Waals surface area contributed by atoms with Crippen LogP contribution in [0.4, 0.5) is 10.1 Å². The van der Waals surface area contributed by atoms with E-state index in [1.54, 1.807) is 0 Å². The Morgan fingerprint density at radius 2 is 2.05 bits per heavy atom. The largest absolute Gasteiger partial charge is 0.466 e. The van der Waals surface area contributed by atoms with Gasteiger partial charge in [-0.3, -0.25) is 4.79 Å². The molecule has 1 unspecified atom stereocenters. The molecule has 0 aliphatic heterocycles. The van der Waals surface area contributed by atoms with Gasteiger partial charge in [0.25, 0.3) is 5.91 Å². The molecule has 0 aliphatic rings. The fraction of sp³-hybridized carbons (Fsp3) is 0.267. The highest BCUT2D eigenvalue weighted by atomic mass is 19.1. The molecule has 1 heterocycles. The van der Waals surface area contributed by atoms with Crippen molar-refractivity contribution in [2.45, 2.75) is 26.8 Å². The maximum absolute atomic E-state index is 13.7. The molecular weight excluding hydrogens is 259 g/mol. The Labute approximate surface area is 116 Å². The van der Waals surface area contributed by atoms with Crippen LogP contribution in [0.25, 0.3) is 0 Å². The molecule has 0 aliphatic carbocycles. The van der Waals surface area contributed by atoms with Crippen molar-refractivity contribution in [3.63, 3.8) is 0 Å². The molecule has 4 nitrogen and oxygen atoms in total. The van der Waals surface area contributed by atoms with E-state index in [-0.39, 0.29) is 17.3 Å². The van der Waals surface area contributed by atoms with Gasteiger partial charge in [0.1, 0.15) is 17.3 Å². The zero-order chi connectivity index (χ0) is 14.9. The van der Waals surface area contributed by atoms with E-state index in [0.29, 0.717) is 0 Å². The van der Waals surface area contributed by atoms with Crippen LogP contribution in [0.5, 0.6) is 0 Å². The Morgan fingerprint density at radius 3 is 2.60 bits per heavy atom. The topological polar surface area (TPSA) is 68.3 Å². The van der Waals surface area contributed by atoms with Crippen molar-refractivity contribution in [2.75, 3.05) is 5.73 Å². The molecule has 20 heavy (non-hydrogen) atoms. The minimum absolute atomic E-state index is 0.0241. The SMILES string of the molecule is Cc1cc(C(C)NC(=O)c2ccc(N)cc2F)c(C)o1. The molecule has 1 aromatic heterocycles. The second kappa shape index (κ2) is 5.36. The number of amides is 1. The normalized spacial score (nSPS) is 12.2. The van der Waals surface area contributed by atoms with Crippen LogP contribution in [-0.4, -0.2) is 5.91 Å². The van der Waals surface area contributed by atoms with Gasteiger partial charge in [-0.25, -0.2) is 4.39 Å². The Balaban J connectivity index is 2.17. The number of carbonyl (C=O) groups is 1. The van der Waals surface area contributed by atoms with Crippen molar-refractivity contribution in [1.29, 1.82) is 0 Å². The first kappa shape index (κ1) is 14.1. The van der Waals surface area contributed by atoms with Gasteiger partial charge in [-0.15, -0.1) is 0 Å². The molecule has 0 radical (unpaired) electrons. The molecule has 1 amide bonds. The summed E-state index contributed by atoms with van der Waals surface area (Å²) in [6.45, 7) is 5.49. The van der Waals surface area contributed by atoms with Crippen LogP contribution < -0.4 is 11.1 Å². The number of aryl methyl sites for hydroxylation is 2. The van der Waals surface area contributed by atoms with E-state index >= 15 is 0 Å². The number of halogens is 1. The number of carbonyl (C=O) groups excluding carboxylic acids is 1. The first-order valence-electron chi connectivity index (χ1n) is 6.31. The second-order valence-corrected chi connectivity index (χ2v) is 4.80. The highest BCUT2D eigenvalue weighted by Gasteiger charge is 2.18.